The van der Waals surface area contributed by atoms with Crippen LogP contribution in [0.3, 0.4) is 0 Å². The first kappa shape index (κ1) is 20.1. The summed E-state index contributed by atoms with van der Waals surface area (Å²) >= 11 is 0. The van der Waals surface area contributed by atoms with Crippen molar-refractivity contribution in [3.63, 3.8) is 0 Å². The average molecular weight is 395 g/mol. The third kappa shape index (κ3) is 4.98. The van der Waals surface area contributed by atoms with Gasteiger partial charge in [-0.05, 0) is 62.4 Å². The van der Waals surface area contributed by atoms with Crippen LogP contribution in [-0.2, 0) is 4.79 Å². The third-order valence-corrected chi connectivity index (χ3v) is 4.34. The van der Waals surface area contributed by atoms with Crippen molar-refractivity contribution in [3.05, 3.63) is 71.3 Å². The van der Waals surface area contributed by atoms with Crippen LogP contribution in [0.25, 0.3) is 5.69 Å². The Balaban J connectivity index is 1.59. The van der Waals surface area contributed by atoms with E-state index in [1.807, 2.05) is 38.1 Å². The van der Waals surface area contributed by atoms with Gasteiger partial charge in [0.2, 0.25) is 0 Å². The van der Waals surface area contributed by atoms with Crippen LogP contribution in [0.4, 0.5) is 10.1 Å². The summed E-state index contributed by atoms with van der Waals surface area (Å²) in [5, 5.41) is 11.5. The minimum Gasteiger partial charge on any atom is -0.497 e. The lowest BCUT2D eigenvalue weighted by Gasteiger charge is -2.06. The predicted octanol–water partition coefficient (Wildman–Crippen LogP) is 3.20. The fourth-order valence-corrected chi connectivity index (χ4v) is 2.77. The second-order valence-corrected chi connectivity index (χ2v) is 6.35. The number of hydrogen-bond acceptors (Lipinski definition) is 5. The zero-order chi connectivity index (χ0) is 20.8. The van der Waals surface area contributed by atoms with Gasteiger partial charge in [-0.3, -0.25) is 4.79 Å². The Kier molecular flexibility index (Phi) is 6.23. The van der Waals surface area contributed by atoms with Gasteiger partial charge in [0.1, 0.15) is 11.6 Å². The molecule has 0 saturated carbocycles. The molecule has 0 aliphatic heterocycles. The maximum absolute atomic E-state index is 13.1. The third-order valence-electron chi connectivity index (χ3n) is 4.34. The van der Waals surface area contributed by atoms with Gasteiger partial charge in [0.15, 0.2) is 0 Å². The lowest BCUT2D eigenvalue weighted by molar-refractivity contribution is -0.119. The van der Waals surface area contributed by atoms with Gasteiger partial charge < -0.3 is 10.1 Å². The molecule has 0 aliphatic rings. The minimum atomic E-state index is -0.303. The van der Waals surface area contributed by atoms with E-state index in [-0.39, 0.29) is 18.3 Å². The van der Waals surface area contributed by atoms with Gasteiger partial charge in [-0.2, -0.15) is 10.2 Å². The Morgan fingerprint density at radius 2 is 1.86 bits per heavy atom. The van der Waals surface area contributed by atoms with Gasteiger partial charge in [-0.1, -0.05) is 0 Å². The van der Waals surface area contributed by atoms with Crippen LogP contribution < -0.4 is 15.5 Å². The standard InChI is InChI=1S/C21H22FN5O2/c1-14-20(15(2)27(26-14)18-8-4-16(22)5-9-18)12-24-25-21(28)13-23-17-6-10-19(29-3)11-7-17/h4-12,23H,13H2,1-3H3,(H,25,28)/b24-12-. The molecule has 0 unspecified atom stereocenters. The highest BCUT2D eigenvalue weighted by Gasteiger charge is 2.11. The quantitative estimate of drug-likeness (QED) is 0.476. The van der Waals surface area contributed by atoms with E-state index < -0.39 is 0 Å². The maximum atomic E-state index is 13.1. The Morgan fingerprint density at radius 3 is 2.52 bits per heavy atom. The number of hydrazone groups is 1. The fourth-order valence-electron chi connectivity index (χ4n) is 2.77. The predicted molar refractivity (Wildman–Crippen MR) is 110 cm³/mol. The Bertz CT molecular complexity index is 1010. The summed E-state index contributed by atoms with van der Waals surface area (Å²) in [6, 6.07) is 13.3. The molecule has 0 radical (unpaired) electrons. The molecule has 1 aromatic heterocycles. The monoisotopic (exact) mass is 395 g/mol. The highest BCUT2D eigenvalue weighted by atomic mass is 19.1. The Labute approximate surface area is 168 Å². The first-order valence-electron chi connectivity index (χ1n) is 9.00. The van der Waals surface area contributed by atoms with E-state index in [9.17, 15) is 9.18 Å². The summed E-state index contributed by atoms with van der Waals surface area (Å²) in [5.41, 5.74) is 6.42. The molecule has 29 heavy (non-hydrogen) atoms. The van der Waals surface area contributed by atoms with E-state index in [1.165, 1.54) is 12.1 Å². The van der Waals surface area contributed by atoms with Crippen LogP contribution in [-0.4, -0.2) is 35.6 Å². The molecule has 1 heterocycles. The largest absolute Gasteiger partial charge is 0.497 e. The molecule has 3 rings (SSSR count). The van der Waals surface area contributed by atoms with Gasteiger partial charge >= 0.3 is 0 Å². The van der Waals surface area contributed by atoms with E-state index >= 15 is 0 Å². The summed E-state index contributed by atoms with van der Waals surface area (Å²) in [5.74, 6) is 0.165. The van der Waals surface area contributed by atoms with Gasteiger partial charge in [0.05, 0.1) is 36.9 Å². The number of nitrogens with one attached hydrogen (secondary N) is 2. The van der Waals surface area contributed by atoms with Crippen LogP contribution in [0.15, 0.2) is 53.6 Å². The second-order valence-electron chi connectivity index (χ2n) is 6.35. The van der Waals surface area contributed by atoms with Gasteiger partial charge in [-0.15, -0.1) is 0 Å². The Hall–Kier alpha value is -3.68. The van der Waals surface area contributed by atoms with Crippen LogP contribution in [0.1, 0.15) is 17.0 Å². The number of nitrogens with zero attached hydrogens (tertiary/aromatic N) is 3. The molecule has 0 spiro atoms. The minimum absolute atomic E-state index is 0.0798. The van der Waals surface area contributed by atoms with Crippen molar-refractivity contribution in [3.8, 4) is 11.4 Å². The van der Waals surface area contributed by atoms with Crippen molar-refractivity contribution in [2.45, 2.75) is 13.8 Å². The van der Waals surface area contributed by atoms with E-state index in [2.05, 4.69) is 20.9 Å². The number of ether oxygens (including phenoxy) is 1. The van der Waals surface area contributed by atoms with Crippen molar-refractivity contribution >= 4 is 17.8 Å². The van der Waals surface area contributed by atoms with Gasteiger partial charge in [0.25, 0.3) is 5.91 Å². The summed E-state index contributed by atoms with van der Waals surface area (Å²) in [4.78, 5) is 12.0. The maximum Gasteiger partial charge on any atom is 0.259 e. The van der Waals surface area contributed by atoms with Crippen molar-refractivity contribution in [1.82, 2.24) is 15.2 Å². The van der Waals surface area contributed by atoms with Crippen molar-refractivity contribution in [2.24, 2.45) is 5.10 Å². The molecule has 3 aromatic rings. The van der Waals surface area contributed by atoms with Gasteiger partial charge in [0, 0.05) is 11.3 Å². The fraction of sp³-hybridized carbons (Fsp3) is 0.190. The van der Waals surface area contributed by atoms with Crippen LogP contribution in [0.5, 0.6) is 5.75 Å². The number of carbonyl (C=O) groups excluding carboxylic acids is 1. The molecule has 1 amide bonds. The first-order valence-corrected chi connectivity index (χ1v) is 9.00. The number of hydrogen-bond donors (Lipinski definition) is 2. The summed E-state index contributed by atoms with van der Waals surface area (Å²) in [7, 11) is 1.60. The number of methoxy groups -OCH3 is 1. The zero-order valence-electron chi connectivity index (χ0n) is 16.4. The molecule has 8 heteroatoms. The van der Waals surface area contributed by atoms with Crippen LogP contribution in [0.2, 0.25) is 0 Å². The number of rotatable bonds is 7. The Morgan fingerprint density at radius 1 is 1.17 bits per heavy atom. The van der Waals surface area contributed by atoms with E-state index in [0.717, 1.165) is 34.1 Å². The van der Waals surface area contributed by atoms with Crippen LogP contribution >= 0.6 is 0 Å². The molecule has 0 bridgehead atoms. The molecule has 0 atom stereocenters. The summed E-state index contributed by atoms with van der Waals surface area (Å²) < 4.78 is 19.9. The SMILES string of the molecule is COc1ccc(NCC(=O)N/N=C\c2c(C)nn(-c3ccc(F)cc3)c2C)cc1. The molecule has 150 valence electrons. The molecule has 7 nitrogen and oxygen atoms in total. The summed E-state index contributed by atoms with van der Waals surface area (Å²) in [6.07, 6.45) is 1.56. The lowest BCUT2D eigenvalue weighted by Crippen LogP contribution is -2.25. The number of benzene rings is 2. The van der Waals surface area contributed by atoms with E-state index in [4.69, 9.17) is 4.74 Å². The number of aryl methyl sites for hydroxylation is 1. The lowest BCUT2D eigenvalue weighted by atomic mass is 10.2. The molecular formula is C21H22FN5O2. The molecule has 0 aliphatic carbocycles. The number of anilines is 1. The van der Waals surface area contributed by atoms with E-state index in [0.29, 0.717) is 0 Å². The number of halogens is 1. The highest BCUT2D eigenvalue weighted by Crippen LogP contribution is 2.17. The van der Waals surface area contributed by atoms with Crippen molar-refractivity contribution in [2.75, 3.05) is 19.0 Å². The molecule has 0 fully saturated rings. The molecule has 0 saturated heterocycles. The normalized spacial score (nSPS) is 10.9. The molecule has 2 N–H and O–H groups in total. The van der Waals surface area contributed by atoms with Crippen molar-refractivity contribution in [1.29, 1.82) is 0 Å². The average Bonchev–Trinajstić information content (AvgIpc) is 3.01. The topological polar surface area (TPSA) is 80.5 Å². The number of carbonyl (C=O) groups is 1. The molecular weight excluding hydrogens is 373 g/mol. The summed E-state index contributed by atoms with van der Waals surface area (Å²) in [6.45, 7) is 3.82. The van der Waals surface area contributed by atoms with Gasteiger partial charge in [-0.25, -0.2) is 14.5 Å². The zero-order valence-corrected chi connectivity index (χ0v) is 16.4. The first-order chi connectivity index (χ1) is 14.0. The molecule has 2 aromatic carbocycles. The highest BCUT2D eigenvalue weighted by molar-refractivity contribution is 5.86. The van der Waals surface area contributed by atoms with Crippen LogP contribution in [0, 0.1) is 19.7 Å². The number of amides is 1. The second kappa shape index (κ2) is 9.01. The smallest absolute Gasteiger partial charge is 0.259 e. The number of aromatic nitrogens is 2. The van der Waals surface area contributed by atoms with Crippen molar-refractivity contribution < 1.29 is 13.9 Å². The van der Waals surface area contributed by atoms with E-state index in [1.54, 1.807) is 30.1 Å².